The van der Waals surface area contributed by atoms with Gasteiger partial charge in [0.2, 0.25) is 0 Å². The number of nitrogens with one attached hydrogen (secondary N) is 1. The maximum Gasteiger partial charge on any atom is 0.407 e. The lowest BCUT2D eigenvalue weighted by molar-refractivity contribution is -0.0488. The molecule has 1 aromatic rings. The van der Waals surface area contributed by atoms with E-state index in [9.17, 15) is 9.69 Å². The monoisotopic (exact) mass is 682 g/mol. The summed E-state index contributed by atoms with van der Waals surface area (Å²) < 4.78 is 22.3. The fourth-order valence-electron chi connectivity index (χ4n) is 5.36. The standard InChI is InChI=1S/C36H63N2O6PS/c1-5-6-7-8-9-10-11-12-13-14-15-16-17-18-19-20-25-37-36(39)41-28-35(43-31(2)3)29-42-45(40)44-34-23-21-33(22-24-34)27-38-26-32(4)46-30-38/h21-24,26,31,35,40H,5-20,25,27-30H2,1-4H3,(H,37,39). The van der Waals surface area contributed by atoms with Gasteiger partial charge in [-0.1, -0.05) is 115 Å². The second kappa shape index (κ2) is 26.4. The molecule has 0 saturated heterocycles. The topological polar surface area (TPSA) is 89.5 Å². The van der Waals surface area contributed by atoms with Crippen molar-refractivity contribution in [1.82, 2.24) is 10.2 Å². The Morgan fingerprint density at radius 1 is 0.891 bits per heavy atom. The number of carbonyl (C=O) groups excluding carboxylic acids is 1. The largest absolute Gasteiger partial charge is 0.447 e. The molecule has 0 bridgehead atoms. The highest BCUT2D eigenvalue weighted by molar-refractivity contribution is 8.03. The van der Waals surface area contributed by atoms with Gasteiger partial charge in [0, 0.05) is 19.3 Å². The molecule has 0 radical (unpaired) electrons. The van der Waals surface area contributed by atoms with E-state index in [0.717, 1.165) is 30.8 Å². The van der Waals surface area contributed by atoms with E-state index in [1.54, 1.807) is 0 Å². The Morgan fingerprint density at radius 2 is 1.46 bits per heavy atom. The quantitative estimate of drug-likeness (QED) is 0.0667. The van der Waals surface area contributed by atoms with Crippen molar-refractivity contribution in [2.24, 2.45) is 0 Å². The van der Waals surface area contributed by atoms with Gasteiger partial charge in [0.25, 0.3) is 0 Å². The van der Waals surface area contributed by atoms with Crippen LogP contribution in [0.1, 0.15) is 136 Å². The van der Waals surface area contributed by atoms with Gasteiger partial charge in [-0.25, -0.2) is 4.79 Å². The molecule has 0 aliphatic carbocycles. The number of allylic oxidation sites excluding steroid dienone is 1. The molecule has 10 heteroatoms. The number of rotatable bonds is 28. The maximum atomic E-state index is 12.2. The molecule has 1 amide bonds. The number of amides is 1. The van der Waals surface area contributed by atoms with E-state index in [2.05, 4.69) is 30.3 Å². The van der Waals surface area contributed by atoms with Crippen LogP contribution in [0.4, 0.5) is 4.79 Å². The van der Waals surface area contributed by atoms with Crippen LogP contribution in [0, 0.1) is 0 Å². The highest BCUT2D eigenvalue weighted by atomic mass is 32.2. The first-order valence-corrected chi connectivity index (χ1v) is 20.0. The third-order valence-electron chi connectivity index (χ3n) is 7.85. The van der Waals surface area contributed by atoms with Crippen LogP contribution in [0.25, 0.3) is 0 Å². The molecule has 264 valence electrons. The Kier molecular flexibility index (Phi) is 23.4. The molecule has 1 aliphatic heterocycles. The Hall–Kier alpha value is -1.51. The third kappa shape index (κ3) is 21.4. The summed E-state index contributed by atoms with van der Waals surface area (Å²) >= 11 is 1.84. The minimum Gasteiger partial charge on any atom is -0.447 e. The van der Waals surface area contributed by atoms with E-state index in [1.165, 1.54) is 94.8 Å². The van der Waals surface area contributed by atoms with E-state index < -0.39 is 20.8 Å². The zero-order chi connectivity index (χ0) is 33.2. The van der Waals surface area contributed by atoms with Crippen molar-refractivity contribution < 1.29 is 28.2 Å². The lowest BCUT2D eigenvalue weighted by atomic mass is 10.0. The van der Waals surface area contributed by atoms with E-state index in [1.807, 2.05) is 49.9 Å². The van der Waals surface area contributed by atoms with Gasteiger partial charge in [-0.2, -0.15) is 0 Å². The predicted molar refractivity (Wildman–Crippen MR) is 193 cm³/mol. The first kappa shape index (κ1) is 40.7. The molecule has 2 rings (SSSR count). The van der Waals surface area contributed by atoms with Crippen molar-refractivity contribution >= 4 is 26.5 Å². The zero-order valence-electron chi connectivity index (χ0n) is 29.2. The number of alkyl carbamates (subject to hydrolysis) is 1. The molecule has 0 spiro atoms. The van der Waals surface area contributed by atoms with Crippen molar-refractivity contribution in [3.8, 4) is 5.75 Å². The van der Waals surface area contributed by atoms with E-state index >= 15 is 0 Å². The van der Waals surface area contributed by atoms with Crippen molar-refractivity contribution in [1.29, 1.82) is 0 Å². The van der Waals surface area contributed by atoms with Crippen molar-refractivity contribution in [2.75, 3.05) is 25.6 Å². The average Bonchev–Trinajstić information content (AvgIpc) is 3.44. The predicted octanol–water partition coefficient (Wildman–Crippen LogP) is 10.5. The molecular weight excluding hydrogens is 619 g/mol. The normalized spacial score (nSPS) is 14.4. The number of nitrogens with zero attached hydrogens (tertiary/aromatic N) is 1. The van der Waals surface area contributed by atoms with Crippen LogP contribution >= 0.6 is 20.4 Å². The van der Waals surface area contributed by atoms with Gasteiger partial charge in [-0.05, 0) is 49.8 Å². The number of thioether (sulfide) groups is 1. The van der Waals surface area contributed by atoms with Gasteiger partial charge < -0.3 is 29.1 Å². The molecule has 1 heterocycles. The second-order valence-electron chi connectivity index (χ2n) is 12.7. The first-order valence-electron chi connectivity index (χ1n) is 17.9. The van der Waals surface area contributed by atoms with E-state index in [0.29, 0.717) is 12.3 Å². The fourth-order valence-corrected chi connectivity index (χ4v) is 6.76. The van der Waals surface area contributed by atoms with Gasteiger partial charge >= 0.3 is 14.7 Å². The number of unbranched alkanes of at least 4 members (excludes halogenated alkanes) is 15. The number of hydrogen-bond donors (Lipinski definition) is 2. The average molecular weight is 683 g/mol. The summed E-state index contributed by atoms with van der Waals surface area (Å²) in [6, 6.07) is 7.64. The summed E-state index contributed by atoms with van der Waals surface area (Å²) in [5.41, 5.74) is 1.16. The van der Waals surface area contributed by atoms with Crippen LogP contribution in [-0.4, -0.2) is 53.7 Å². The fraction of sp³-hybridized carbons (Fsp3) is 0.750. The minimum absolute atomic E-state index is 0.0313. The van der Waals surface area contributed by atoms with Crippen molar-refractivity contribution in [3.05, 3.63) is 40.9 Å². The summed E-state index contributed by atoms with van der Waals surface area (Å²) in [5, 5.41) is 2.83. The molecule has 2 N–H and O–H groups in total. The molecule has 0 aromatic heterocycles. The Balaban J connectivity index is 1.47. The van der Waals surface area contributed by atoms with Gasteiger partial charge in [0.15, 0.2) is 0 Å². The molecule has 2 atom stereocenters. The summed E-state index contributed by atoms with van der Waals surface area (Å²) in [4.78, 5) is 26.1. The zero-order valence-corrected chi connectivity index (χ0v) is 30.9. The van der Waals surface area contributed by atoms with Gasteiger partial charge in [0.1, 0.15) is 18.5 Å². The summed E-state index contributed by atoms with van der Waals surface area (Å²) in [6.45, 7) is 9.71. The highest BCUT2D eigenvalue weighted by Gasteiger charge is 2.19. The summed E-state index contributed by atoms with van der Waals surface area (Å²) in [5.74, 6) is 1.50. The summed E-state index contributed by atoms with van der Waals surface area (Å²) in [7, 11) is -2.16. The molecule has 0 saturated carbocycles. The molecule has 8 nitrogen and oxygen atoms in total. The number of ether oxygens (including phenoxy) is 2. The van der Waals surface area contributed by atoms with Gasteiger partial charge in [0.05, 0.1) is 18.6 Å². The Labute approximate surface area is 285 Å². The molecule has 46 heavy (non-hydrogen) atoms. The lowest BCUT2D eigenvalue weighted by Crippen LogP contribution is -2.33. The SMILES string of the molecule is CCCCCCCCCCCCCCCCCCNC(=O)OCC(COP(O)Oc1ccc(CN2C=C(C)SC2)cc1)OC(C)C. The smallest absolute Gasteiger partial charge is 0.407 e. The second-order valence-corrected chi connectivity index (χ2v) is 14.8. The number of benzene rings is 1. The third-order valence-corrected chi connectivity index (χ3v) is 9.61. The summed E-state index contributed by atoms with van der Waals surface area (Å²) in [6.07, 6.45) is 22.3. The van der Waals surface area contributed by atoms with Crippen LogP contribution in [0.3, 0.4) is 0 Å². The molecular formula is C36H63N2O6PS. The Bertz CT molecular complexity index is 936. The first-order chi connectivity index (χ1) is 22.4. The Morgan fingerprint density at radius 3 is 1.98 bits per heavy atom. The number of carbonyl (C=O) groups is 1. The molecule has 2 unspecified atom stereocenters. The van der Waals surface area contributed by atoms with Crippen LogP contribution in [0.2, 0.25) is 0 Å². The highest BCUT2D eigenvalue weighted by Crippen LogP contribution is 2.35. The van der Waals surface area contributed by atoms with Crippen molar-refractivity contribution in [3.63, 3.8) is 0 Å². The molecule has 0 fully saturated rings. The van der Waals surface area contributed by atoms with Crippen molar-refractivity contribution in [2.45, 2.75) is 149 Å². The van der Waals surface area contributed by atoms with Crippen LogP contribution in [-0.2, 0) is 20.5 Å². The van der Waals surface area contributed by atoms with Crippen LogP contribution < -0.4 is 9.84 Å². The molecule has 1 aliphatic rings. The maximum absolute atomic E-state index is 12.2. The van der Waals surface area contributed by atoms with Crippen LogP contribution in [0.15, 0.2) is 35.4 Å². The van der Waals surface area contributed by atoms with Crippen LogP contribution in [0.5, 0.6) is 5.75 Å². The van der Waals surface area contributed by atoms with E-state index in [4.69, 9.17) is 18.5 Å². The van der Waals surface area contributed by atoms with E-state index in [-0.39, 0.29) is 19.3 Å². The number of hydrogen-bond acceptors (Lipinski definition) is 8. The van der Waals surface area contributed by atoms with Gasteiger partial charge in [-0.15, -0.1) is 11.8 Å². The minimum atomic E-state index is -2.16. The van der Waals surface area contributed by atoms with Gasteiger partial charge in [-0.3, -0.25) is 4.52 Å². The molecule has 1 aromatic carbocycles. The lowest BCUT2D eigenvalue weighted by Gasteiger charge is -2.21.